The van der Waals surface area contributed by atoms with Gasteiger partial charge in [0, 0.05) is 23.9 Å². The largest absolute Gasteiger partial charge is 0.402 e. The Morgan fingerprint density at radius 2 is 2.00 bits per heavy atom. The van der Waals surface area contributed by atoms with Crippen molar-refractivity contribution >= 4 is 0 Å². The molecule has 3 N–H and O–H groups in total. The third kappa shape index (κ3) is 5.24. The third-order valence-corrected chi connectivity index (χ3v) is 3.35. The topological polar surface area (TPSA) is 38.0 Å². The molecular formula is C14H26N2. The van der Waals surface area contributed by atoms with Crippen molar-refractivity contribution in [1.29, 1.82) is 0 Å². The first kappa shape index (κ1) is 13.1. The number of hydrogen-bond acceptors (Lipinski definition) is 2. The summed E-state index contributed by atoms with van der Waals surface area (Å²) >= 11 is 0. The van der Waals surface area contributed by atoms with E-state index in [0.717, 1.165) is 30.2 Å². The van der Waals surface area contributed by atoms with Gasteiger partial charge in [0.25, 0.3) is 0 Å². The fourth-order valence-corrected chi connectivity index (χ4v) is 2.54. The first-order valence-corrected chi connectivity index (χ1v) is 6.45. The molecule has 1 rings (SSSR count). The maximum absolute atomic E-state index is 5.58. The minimum atomic E-state index is 0.355. The van der Waals surface area contributed by atoms with Crippen molar-refractivity contribution in [2.45, 2.75) is 57.9 Å². The Morgan fingerprint density at radius 3 is 2.56 bits per heavy atom. The first-order valence-electron chi connectivity index (χ1n) is 6.45. The van der Waals surface area contributed by atoms with Crippen LogP contribution in [0.4, 0.5) is 0 Å². The van der Waals surface area contributed by atoms with Gasteiger partial charge in [-0.05, 0) is 25.7 Å². The summed E-state index contributed by atoms with van der Waals surface area (Å²) in [6.45, 7) is 9.92. The van der Waals surface area contributed by atoms with Crippen LogP contribution in [0.1, 0.15) is 51.9 Å². The van der Waals surface area contributed by atoms with Gasteiger partial charge in [-0.15, -0.1) is 0 Å². The van der Waals surface area contributed by atoms with Gasteiger partial charge < -0.3 is 11.1 Å². The lowest BCUT2D eigenvalue weighted by atomic mass is 10.0. The number of rotatable bonds is 7. The summed E-state index contributed by atoms with van der Waals surface area (Å²) < 4.78 is 0. The summed E-state index contributed by atoms with van der Waals surface area (Å²) in [6.07, 6.45) is 8.91. The number of nitrogens with one attached hydrogen (secondary N) is 1. The van der Waals surface area contributed by atoms with Crippen LogP contribution in [-0.4, -0.2) is 6.04 Å². The Bertz CT molecular complexity index is 239. The third-order valence-electron chi connectivity index (χ3n) is 3.35. The van der Waals surface area contributed by atoms with Gasteiger partial charge in [0.2, 0.25) is 0 Å². The monoisotopic (exact) mass is 222 g/mol. The van der Waals surface area contributed by atoms with E-state index in [-0.39, 0.29) is 0 Å². The smallest absolute Gasteiger partial charge is 0.0283 e. The van der Waals surface area contributed by atoms with E-state index in [0.29, 0.717) is 6.04 Å². The molecule has 1 aliphatic carbocycles. The molecule has 2 nitrogen and oxygen atoms in total. The van der Waals surface area contributed by atoms with Gasteiger partial charge >= 0.3 is 0 Å². The highest BCUT2D eigenvalue weighted by atomic mass is 14.9. The molecule has 0 radical (unpaired) electrons. The average Bonchev–Trinajstić information content (AvgIpc) is 2.65. The van der Waals surface area contributed by atoms with Gasteiger partial charge in [-0.2, -0.15) is 0 Å². The highest BCUT2D eigenvalue weighted by Crippen LogP contribution is 2.29. The van der Waals surface area contributed by atoms with E-state index in [2.05, 4.69) is 25.4 Å². The van der Waals surface area contributed by atoms with Crippen LogP contribution >= 0.6 is 0 Å². The minimum Gasteiger partial charge on any atom is -0.402 e. The molecule has 1 aliphatic rings. The lowest BCUT2D eigenvalue weighted by molar-refractivity contribution is 0.484. The maximum atomic E-state index is 5.58. The molecule has 1 unspecified atom stereocenters. The van der Waals surface area contributed by atoms with E-state index in [1.165, 1.54) is 32.1 Å². The Balaban J connectivity index is 2.12. The summed E-state index contributed by atoms with van der Waals surface area (Å²) in [4.78, 5) is 0. The highest BCUT2D eigenvalue weighted by molar-refractivity contribution is 4.97. The van der Waals surface area contributed by atoms with Gasteiger partial charge in [0.15, 0.2) is 0 Å². The van der Waals surface area contributed by atoms with Gasteiger partial charge in [0.1, 0.15) is 0 Å². The molecule has 16 heavy (non-hydrogen) atoms. The van der Waals surface area contributed by atoms with Crippen LogP contribution in [0.5, 0.6) is 0 Å². The fraction of sp³-hybridized carbons (Fsp3) is 0.714. The number of allylic oxidation sites excluding steroid dienone is 1. The number of hydrogen-bond donors (Lipinski definition) is 2. The second-order valence-electron chi connectivity index (χ2n) is 5.20. The molecule has 0 aliphatic heterocycles. The molecule has 0 saturated heterocycles. The summed E-state index contributed by atoms with van der Waals surface area (Å²) in [6, 6.07) is 0.355. The Kier molecular flexibility index (Phi) is 5.44. The van der Waals surface area contributed by atoms with E-state index in [9.17, 15) is 0 Å². The molecule has 0 aromatic rings. The van der Waals surface area contributed by atoms with Gasteiger partial charge in [-0.3, -0.25) is 0 Å². The Morgan fingerprint density at radius 1 is 1.38 bits per heavy atom. The Hall–Kier alpha value is -0.920. The molecule has 0 amide bonds. The zero-order valence-electron chi connectivity index (χ0n) is 10.6. The average molecular weight is 222 g/mol. The van der Waals surface area contributed by atoms with E-state index in [4.69, 9.17) is 5.73 Å². The predicted molar refractivity (Wildman–Crippen MR) is 70.9 cm³/mol. The second-order valence-corrected chi connectivity index (χ2v) is 5.20. The Labute approximate surface area is 100.0 Å². The quantitative estimate of drug-likeness (QED) is 0.693. The van der Waals surface area contributed by atoms with Gasteiger partial charge in [-0.25, -0.2) is 0 Å². The molecule has 92 valence electrons. The van der Waals surface area contributed by atoms with Crippen LogP contribution in [0.25, 0.3) is 0 Å². The molecule has 2 heteroatoms. The molecule has 1 saturated carbocycles. The summed E-state index contributed by atoms with van der Waals surface area (Å²) in [5, 5.41) is 3.40. The van der Waals surface area contributed by atoms with Crippen LogP contribution in [0.3, 0.4) is 0 Å². The SMILES string of the molecule is C=C(N)CC(C)NC(=C)CCC1CCCC1. The molecule has 0 heterocycles. The highest BCUT2D eigenvalue weighted by Gasteiger charge is 2.15. The molecule has 0 aromatic heterocycles. The molecule has 0 aromatic carbocycles. The summed E-state index contributed by atoms with van der Waals surface area (Å²) in [7, 11) is 0. The standard InChI is InChI=1S/C14H26N2/c1-11(15)10-13(3)16-12(2)8-9-14-6-4-5-7-14/h13-14,16H,1-2,4-10,15H2,3H3. The zero-order valence-corrected chi connectivity index (χ0v) is 10.6. The van der Waals surface area contributed by atoms with Gasteiger partial charge in [-0.1, -0.05) is 38.8 Å². The lowest BCUT2D eigenvalue weighted by Gasteiger charge is -2.18. The lowest BCUT2D eigenvalue weighted by Crippen LogP contribution is -2.26. The van der Waals surface area contributed by atoms with Crippen molar-refractivity contribution in [3.63, 3.8) is 0 Å². The predicted octanol–water partition coefficient (Wildman–Crippen LogP) is 3.31. The van der Waals surface area contributed by atoms with Crippen LogP contribution in [-0.2, 0) is 0 Å². The maximum Gasteiger partial charge on any atom is 0.0283 e. The zero-order chi connectivity index (χ0) is 12.0. The molecule has 0 spiro atoms. The van der Waals surface area contributed by atoms with E-state index in [1.54, 1.807) is 0 Å². The first-order chi connectivity index (χ1) is 7.58. The van der Waals surface area contributed by atoms with Crippen LogP contribution in [0.15, 0.2) is 24.6 Å². The molecule has 0 bridgehead atoms. The van der Waals surface area contributed by atoms with Crippen molar-refractivity contribution in [3.8, 4) is 0 Å². The van der Waals surface area contributed by atoms with E-state index >= 15 is 0 Å². The van der Waals surface area contributed by atoms with Crippen molar-refractivity contribution in [2.24, 2.45) is 11.7 Å². The van der Waals surface area contributed by atoms with Crippen LogP contribution in [0, 0.1) is 5.92 Å². The second kappa shape index (κ2) is 6.62. The summed E-state index contributed by atoms with van der Waals surface area (Å²) in [5.41, 5.74) is 7.47. The minimum absolute atomic E-state index is 0.355. The van der Waals surface area contributed by atoms with Crippen molar-refractivity contribution in [1.82, 2.24) is 5.32 Å². The summed E-state index contributed by atoms with van der Waals surface area (Å²) in [5.74, 6) is 0.943. The molecule has 1 atom stereocenters. The normalized spacial score (nSPS) is 18.3. The van der Waals surface area contributed by atoms with E-state index < -0.39 is 0 Å². The van der Waals surface area contributed by atoms with Crippen LogP contribution < -0.4 is 11.1 Å². The number of nitrogens with two attached hydrogens (primary N) is 1. The van der Waals surface area contributed by atoms with Crippen molar-refractivity contribution in [3.05, 3.63) is 24.6 Å². The van der Waals surface area contributed by atoms with Crippen molar-refractivity contribution in [2.75, 3.05) is 0 Å². The van der Waals surface area contributed by atoms with Crippen molar-refractivity contribution < 1.29 is 0 Å². The van der Waals surface area contributed by atoms with Gasteiger partial charge in [0.05, 0.1) is 0 Å². The fourth-order valence-electron chi connectivity index (χ4n) is 2.54. The molecule has 1 fully saturated rings. The molecular weight excluding hydrogens is 196 g/mol. The van der Waals surface area contributed by atoms with E-state index in [1.807, 2.05) is 0 Å². The van der Waals surface area contributed by atoms with Crippen LogP contribution in [0.2, 0.25) is 0 Å².